The highest BCUT2D eigenvalue weighted by Crippen LogP contribution is 2.19. The molecule has 21 heavy (non-hydrogen) atoms. The number of ketones is 1. The summed E-state index contributed by atoms with van der Waals surface area (Å²) in [7, 11) is 0. The molecule has 0 aliphatic heterocycles. The molecule has 0 spiro atoms. The van der Waals surface area contributed by atoms with Crippen molar-refractivity contribution < 1.29 is 9.18 Å². The topological polar surface area (TPSA) is 53.8 Å². The van der Waals surface area contributed by atoms with Gasteiger partial charge in [0.25, 0.3) is 0 Å². The van der Waals surface area contributed by atoms with Crippen LogP contribution in [-0.4, -0.2) is 10.8 Å². The van der Waals surface area contributed by atoms with Crippen LogP contribution in [0.25, 0.3) is 10.8 Å². The zero-order chi connectivity index (χ0) is 14.8. The fraction of sp³-hybridized carbons (Fsp3) is 0. The quantitative estimate of drug-likeness (QED) is 0.673. The van der Waals surface area contributed by atoms with Crippen LogP contribution >= 0.6 is 0 Å². The smallest absolute Gasteiger partial charge is 0.196 e. The number of halogens is 1. The number of aromatic nitrogens is 1. The Labute approximate surface area is 120 Å². The van der Waals surface area contributed by atoms with E-state index >= 15 is 0 Å². The van der Waals surface area contributed by atoms with E-state index in [4.69, 9.17) is 5.26 Å². The summed E-state index contributed by atoms with van der Waals surface area (Å²) in [6.07, 6.45) is 0.896. The fourth-order valence-electron chi connectivity index (χ4n) is 2.16. The van der Waals surface area contributed by atoms with Crippen LogP contribution in [-0.2, 0) is 0 Å². The summed E-state index contributed by atoms with van der Waals surface area (Å²) in [5.41, 5.74) is 0.250. The van der Waals surface area contributed by atoms with Crippen LogP contribution in [0.15, 0.2) is 54.7 Å². The third kappa shape index (κ3) is 2.37. The van der Waals surface area contributed by atoms with E-state index in [0.29, 0.717) is 5.56 Å². The van der Waals surface area contributed by atoms with Gasteiger partial charge in [-0.05, 0) is 22.9 Å². The lowest BCUT2D eigenvalue weighted by molar-refractivity contribution is 0.103. The number of benzene rings is 2. The Bertz CT molecular complexity index is 897. The van der Waals surface area contributed by atoms with Crippen molar-refractivity contribution in [2.45, 2.75) is 0 Å². The second-order valence-corrected chi connectivity index (χ2v) is 4.55. The fourth-order valence-corrected chi connectivity index (χ4v) is 2.16. The first-order valence-corrected chi connectivity index (χ1v) is 6.28. The van der Waals surface area contributed by atoms with E-state index in [1.807, 2.05) is 30.3 Å². The number of rotatable bonds is 2. The summed E-state index contributed by atoms with van der Waals surface area (Å²) in [5.74, 6) is -1.19. The van der Waals surface area contributed by atoms with Crippen LogP contribution in [0.5, 0.6) is 0 Å². The standard InChI is InChI=1S/C17H9FN2O/c18-16-10-20-14(9-19)8-15(16)17(21)13-6-5-11-3-1-2-4-12(11)7-13/h1-8,10H. The molecule has 2 aromatic carbocycles. The molecule has 0 bridgehead atoms. The maximum Gasteiger partial charge on any atom is 0.196 e. The third-order valence-electron chi connectivity index (χ3n) is 3.23. The molecule has 4 heteroatoms. The highest BCUT2D eigenvalue weighted by Gasteiger charge is 2.15. The van der Waals surface area contributed by atoms with Gasteiger partial charge in [0.2, 0.25) is 0 Å². The molecule has 0 radical (unpaired) electrons. The molecule has 0 aliphatic carbocycles. The van der Waals surface area contributed by atoms with Crippen molar-refractivity contribution in [3.63, 3.8) is 0 Å². The number of carbonyl (C=O) groups excluding carboxylic acids is 1. The molecule has 0 N–H and O–H groups in total. The van der Waals surface area contributed by atoms with Gasteiger partial charge in [0, 0.05) is 5.56 Å². The maximum absolute atomic E-state index is 13.8. The third-order valence-corrected chi connectivity index (χ3v) is 3.23. The van der Waals surface area contributed by atoms with E-state index in [9.17, 15) is 9.18 Å². The molecule has 0 amide bonds. The van der Waals surface area contributed by atoms with Crippen LogP contribution < -0.4 is 0 Å². The van der Waals surface area contributed by atoms with Crippen molar-refractivity contribution in [2.75, 3.05) is 0 Å². The van der Waals surface area contributed by atoms with Crippen molar-refractivity contribution in [1.29, 1.82) is 5.26 Å². The highest BCUT2D eigenvalue weighted by atomic mass is 19.1. The van der Waals surface area contributed by atoms with Crippen molar-refractivity contribution >= 4 is 16.6 Å². The molecule has 0 fully saturated rings. The molecule has 0 atom stereocenters. The van der Waals surface area contributed by atoms with Crippen LogP contribution in [0.3, 0.4) is 0 Å². The van der Waals surface area contributed by atoms with Crippen LogP contribution in [0.4, 0.5) is 4.39 Å². The molecule has 3 aromatic rings. The molecule has 0 aliphatic rings. The number of hydrogen-bond acceptors (Lipinski definition) is 3. The Balaban J connectivity index is 2.10. The van der Waals surface area contributed by atoms with E-state index in [2.05, 4.69) is 4.98 Å². The van der Waals surface area contributed by atoms with Gasteiger partial charge in [-0.1, -0.05) is 36.4 Å². The molecule has 0 unspecified atom stereocenters. The molecule has 100 valence electrons. The SMILES string of the molecule is N#Cc1cc(C(=O)c2ccc3ccccc3c2)c(F)cn1. The average molecular weight is 276 g/mol. The monoisotopic (exact) mass is 276 g/mol. The number of hydrogen-bond donors (Lipinski definition) is 0. The first kappa shape index (κ1) is 12.9. The summed E-state index contributed by atoms with van der Waals surface area (Å²) in [4.78, 5) is 16.0. The Morgan fingerprint density at radius 1 is 1.10 bits per heavy atom. The average Bonchev–Trinajstić information content (AvgIpc) is 2.54. The maximum atomic E-state index is 13.8. The molecule has 0 saturated carbocycles. The van der Waals surface area contributed by atoms with Crippen molar-refractivity contribution in [2.24, 2.45) is 0 Å². The van der Waals surface area contributed by atoms with E-state index < -0.39 is 11.6 Å². The highest BCUT2D eigenvalue weighted by molar-refractivity contribution is 6.10. The normalized spacial score (nSPS) is 10.3. The minimum atomic E-state index is -0.729. The minimum absolute atomic E-state index is 0.0144. The minimum Gasteiger partial charge on any atom is -0.288 e. The Morgan fingerprint density at radius 2 is 1.86 bits per heavy atom. The first-order valence-electron chi connectivity index (χ1n) is 6.28. The number of nitrogens with zero attached hydrogens (tertiary/aromatic N) is 2. The molecular weight excluding hydrogens is 267 g/mol. The second-order valence-electron chi connectivity index (χ2n) is 4.55. The summed E-state index contributed by atoms with van der Waals surface area (Å²) in [6.45, 7) is 0. The largest absolute Gasteiger partial charge is 0.288 e. The Hall–Kier alpha value is -3.06. The molecular formula is C17H9FN2O. The van der Waals surface area contributed by atoms with Crippen molar-refractivity contribution in [3.05, 3.63) is 77.4 Å². The lowest BCUT2D eigenvalue weighted by Crippen LogP contribution is -2.05. The van der Waals surface area contributed by atoms with Gasteiger partial charge < -0.3 is 0 Å². The lowest BCUT2D eigenvalue weighted by atomic mass is 10.00. The zero-order valence-corrected chi connectivity index (χ0v) is 10.9. The van der Waals surface area contributed by atoms with Gasteiger partial charge >= 0.3 is 0 Å². The summed E-state index contributed by atoms with van der Waals surface area (Å²) < 4.78 is 13.8. The molecule has 0 saturated heterocycles. The van der Waals surface area contributed by atoms with E-state index in [0.717, 1.165) is 17.0 Å². The molecule has 1 heterocycles. The van der Waals surface area contributed by atoms with Crippen molar-refractivity contribution in [3.8, 4) is 6.07 Å². The van der Waals surface area contributed by atoms with E-state index in [1.165, 1.54) is 6.07 Å². The van der Waals surface area contributed by atoms with Gasteiger partial charge in [0.15, 0.2) is 11.6 Å². The van der Waals surface area contributed by atoms with Gasteiger partial charge in [-0.15, -0.1) is 0 Å². The number of fused-ring (bicyclic) bond motifs is 1. The zero-order valence-electron chi connectivity index (χ0n) is 10.9. The van der Waals surface area contributed by atoms with Crippen LogP contribution in [0, 0.1) is 17.1 Å². The molecule has 1 aromatic heterocycles. The van der Waals surface area contributed by atoms with Gasteiger partial charge in [-0.2, -0.15) is 5.26 Å². The van der Waals surface area contributed by atoms with Gasteiger partial charge in [-0.25, -0.2) is 9.37 Å². The Morgan fingerprint density at radius 3 is 2.62 bits per heavy atom. The van der Waals surface area contributed by atoms with E-state index in [1.54, 1.807) is 18.2 Å². The summed E-state index contributed by atoms with van der Waals surface area (Å²) >= 11 is 0. The first-order chi connectivity index (χ1) is 10.2. The lowest BCUT2D eigenvalue weighted by Gasteiger charge is -2.05. The van der Waals surface area contributed by atoms with E-state index in [-0.39, 0.29) is 11.3 Å². The number of pyridine rings is 1. The molecule has 3 nitrogen and oxygen atoms in total. The summed E-state index contributed by atoms with van der Waals surface area (Å²) in [6, 6.07) is 15.7. The van der Waals surface area contributed by atoms with Gasteiger partial charge in [-0.3, -0.25) is 4.79 Å². The summed E-state index contributed by atoms with van der Waals surface area (Å²) in [5, 5.41) is 10.7. The number of nitriles is 1. The van der Waals surface area contributed by atoms with Crippen LogP contribution in [0.1, 0.15) is 21.6 Å². The van der Waals surface area contributed by atoms with Gasteiger partial charge in [0.05, 0.1) is 11.8 Å². The Kier molecular flexibility index (Phi) is 3.17. The van der Waals surface area contributed by atoms with Gasteiger partial charge in [0.1, 0.15) is 11.8 Å². The van der Waals surface area contributed by atoms with Crippen LogP contribution in [0.2, 0.25) is 0 Å². The molecule has 3 rings (SSSR count). The predicted molar refractivity (Wildman–Crippen MR) is 76.3 cm³/mol. The number of carbonyl (C=O) groups is 1. The second kappa shape index (κ2) is 5.14. The van der Waals surface area contributed by atoms with Crippen molar-refractivity contribution in [1.82, 2.24) is 4.98 Å². The predicted octanol–water partition coefficient (Wildman–Crippen LogP) is 3.48.